The van der Waals surface area contributed by atoms with E-state index < -0.39 is 38.1 Å². The maximum absolute atomic E-state index is 16.4. The van der Waals surface area contributed by atoms with Crippen LogP contribution in [0.2, 0.25) is 0 Å². The smallest absolute Gasteiger partial charge is 0.407 e. The zero-order valence-corrected chi connectivity index (χ0v) is 37.1. The lowest BCUT2D eigenvalue weighted by molar-refractivity contribution is -0.126. The van der Waals surface area contributed by atoms with Gasteiger partial charge in [0, 0.05) is 50.3 Å². The highest BCUT2D eigenvalue weighted by Gasteiger charge is 2.54. The zero-order chi connectivity index (χ0) is 43.5. The number of rotatable bonds is 14. The van der Waals surface area contributed by atoms with Crippen molar-refractivity contribution in [3.63, 3.8) is 0 Å². The van der Waals surface area contributed by atoms with Gasteiger partial charge in [-0.05, 0) is 145 Å². The van der Waals surface area contributed by atoms with Crippen molar-refractivity contribution >= 4 is 27.5 Å². The lowest BCUT2D eigenvalue weighted by Gasteiger charge is -2.54. The summed E-state index contributed by atoms with van der Waals surface area (Å²) in [5, 5.41) is 2.29. The van der Waals surface area contributed by atoms with Crippen molar-refractivity contribution in [1.29, 1.82) is 0 Å². The number of amides is 2. The van der Waals surface area contributed by atoms with Gasteiger partial charge < -0.3 is 24.8 Å². The molecule has 5 saturated heterocycles. The summed E-state index contributed by atoms with van der Waals surface area (Å²) >= 11 is 0. The van der Waals surface area contributed by atoms with Gasteiger partial charge in [0.1, 0.15) is 11.6 Å². The summed E-state index contributed by atoms with van der Waals surface area (Å²) in [5.74, 6) is -0.937. The third-order valence-corrected chi connectivity index (χ3v) is 17.2. The topological polar surface area (TPSA) is 106 Å². The van der Waals surface area contributed by atoms with Crippen molar-refractivity contribution in [3.05, 3.63) is 71.8 Å². The number of sulfone groups is 1. The Morgan fingerprint density at radius 1 is 0.855 bits per heavy atom. The molecular weight excluding hydrogens is 818 g/mol. The van der Waals surface area contributed by atoms with E-state index in [0.717, 1.165) is 95.7 Å². The number of nitrogens with zero attached hydrogens (tertiary/aromatic N) is 5. The number of piperidine rings is 3. The molecule has 6 aliphatic rings. The third kappa shape index (κ3) is 9.70. The lowest BCUT2D eigenvalue weighted by atomic mass is 9.57. The van der Waals surface area contributed by atoms with Crippen molar-refractivity contribution in [2.24, 2.45) is 11.8 Å². The van der Waals surface area contributed by atoms with Gasteiger partial charge in [-0.25, -0.2) is 26.4 Å². The molecule has 5 aliphatic heterocycles. The fourth-order valence-electron chi connectivity index (χ4n) is 11.7. The van der Waals surface area contributed by atoms with Gasteiger partial charge in [-0.2, -0.15) is 0 Å². The Kier molecular flexibility index (Phi) is 13.9. The molecule has 6 fully saturated rings. The maximum Gasteiger partial charge on any atom is 0.407 e. The van der Waals surface area contributed by atoms with E-state index in [4.69, 9.17) is 4.74 Å². The predicted octanol–water partition coefficient (Wildman–Crippen LogP) is 6.18. The van der Waals surface area contributed by atoms with Crippen molar-refractivity contribution in [3.8, 4) is 0 Å². The number of methoxy groups -OCH3 is 1. The van der Waals surface area contributed by atoms with Gasteiger partial charge in [0.25, 0.3) is 0 Å². The van der Waals surface area contributed by atoms with Crippen molar-refractivity contribution < 1.29 is 35.9 Å². The van der Waals surface area contributed by atoms with Crippen LogP contribution in [-0.4, -0.2) is 149 Å². The molecule has 2 amide bonds. The number of alkyl carbamates (subject to hydrolysis) is 1. The molecule has 2 unspecified atom stereocenters. The van der Waals surface area contributed by atoms with E-state index in [0.29, 0.717) is 39.0 Å². The largest absolute Gasteiger partial charge is 0.453 e. The summed E-state index contributed by atoms with van der Waals surface area (Å²) in [7, 11) is -2.55. The molecule has 2 aromatic rings. The summed E-state index contributed by atoms with van der Waals surface area (Å²) in [6.45, 7) is 7.53. The number of benzene rings is 2. The van der Waals surface area contributed by atoms with Crippen LogP contribution in [0.3, 0.4) is 0 Å². The monoisotopic (exact) mass is 882 g/mol. The lowest BCUT2D eigenvalue weighted by Crippen LogP contribution is -2.65. The van der Waals surface area contributed by atoms with E-state index in [9.17, 15) is 18.0 Å². The van der Waals surface area contributed by atoms with Gasteiger partial charge in [0.2, 0.25) is 5.91 Å². The average molecular weight is 883 g/mol. The van der Waals surface area contributed by atoms with Crippen LogP contribution < -0.4 is 10.2 Å². The molecule has 340 valence electrons. The number of hydrogen-bond donors (Lipinski definition) is 1. The minimum Gasteiger partial charge on any atom is -0.453 e. The highest BCUT2D eigenvalue weighted by atomic mass is 32.2. The van der Waals surface area contributed by atoms with Crippen LogP contribution in [0, 0.1) is 23.5 Å². The van der Waals surface area contributed by atoms with Gasteiger partial charge in [-0.1, -0.05) is 31.1 Å². The maximum atomic E-state index is 16.4. The SMILES string of the molecule is COC(=O)N[C@H]1CCC[C@@H]1C(CN1CCC1)(c1cccc(F)c1)C1CCN(CC2(F)CN(c3ccc(S(=O)(=O)C4CCCN(C(=O)/C=C/CN5CCCCC5)C4)cc3F)C2)CC1. The van der Waals surface area contributed by atoms with E-state index in [1.54, 1.807) is 28.0 Å². The molecule has 8 rings (SSSR count). The first-order chi connectivity index (χ1) is 29.9. The van der Waals surface area contributed by atoms with E-state index in [2.05, 4.69) is 20.0 Å². The third-order valence-electron chi connectivity index (χ3n) is 15.0. The Labute approximate surface area is 365 Å². The first kappa shape index (κ1) is 44.9. The summed E-state index contributed by atoms with van der Waals surface area (Å²) in [5.41, 5.74) is -0.854. The van der Waals surface area contributed by atoms with Gasteiger partial charge in [0.15, 0.2) is 15.5 Å². The first-order valence-electron chi connectivity index (χ1n) is 23.1. The second-order valence-corrected chi connectivity index (χ2v) is 21.2. The quantitative estimate of drug-likeness (QED) is 0.223. The fraction of sp³-hybridized carbons (Fsp3) is 0.660. The summed E-state index contributed by atoms with van der Waals surface area (Å²) in [4.78, 5) is 35.5. The second kappa shape index (κ2) is 19.2. The van der Waals surface area contributed by atoms with Crippen LogP contribution >= 0.6 is 0 Å². The number of alkyl halides is 1. The van der Waals surface area contributed by atoms with Crippen LogP contribution in [0.1, 0.15) is 76.2 Å². The van der Waals surface area contributed by atoms with Gasteiger partial charge in [0.05, 0.1) is 36.0 Å². The number of anilines is 1. The summed E-state index contributed by atoms with van der Waals surface area (Å²) < 4.78 is 79.8. The van der Waals surface area contributed by atoms with E-state index in [1.165, 1.54) is 31.7 Å². The summed E-state index contributed by atoms with van der Waals surface area (Å²) in [6, 6.07) is 10.8. The number of likely N-dealkylation sites (tertiary alicyclic amines) is 4. The van der Waals surface area contributed by atoms with Crippen molar-refractivity contribution in [2.45, 2.75) is 97.9 Å². The molecule has 62 heavy (non-hydrogen) atoms. The van der Waals surface area contributed by atoms with Crippen LogP contribution in [-0.2, 0) is 24.8 Å². The van der Waals surface area contributed by atoms with Crippen molar-refractivity contribution in [2.75, 3.05) is 97.1 Å². The van der Waals surface area contributed by atoms with Crippen LogP contribution in [0.4, 0.5) is 23.7 Å². The zero-order valence-electron chi connectivity index (χ0n) is 36.3. The normalized spacial score (nSPS) is 26.5. The number of halogens is 3. The van der Waals surface area contributed by atoms with Crippen LogP contribution in [0.15, 0.2) is 59.5 Å². The Morgan fingerprint density at radius 3 is 2.31 bits per heavy atom. The molecular formula is C47H65F3N6O5S. The average Bonchev–Trinajstić information content (AvgIpc) is 3.71. The van der Waals surface area contributed by atoms with E-state index >= 15 is 13.2 Å². The molecule has 4 atom stereocenters. The van der Waals surface area contributed by atoms with E-state index in [-0.39, 0.29) is 66.4 Å². The van der Waals surface area contributed by atoms with Crippen molar-refractivity contribution in [1.82, 2.24) is 24.9 Å². The van der Waals surface area contributed by atoms with Gasteiger partial charge in [-0.15, -0.1) is 0 Å². The van der Waals surface area contributed by atoms with Gasteiger partial charge in [-0.3, -0.25) is 14.6 Å². The van der Waals surface area contributed by atoms with Gasteiger partial charge >= 0.3 is 6.09 Å². The second-order valence-electron chi connectivity index (χ2n) is 19.0. The number of ether oxygens (including phenoxy) is 1. The number of carbonyl (C=O) groups is 2. The molecule has 0 radical (unpaired) electrons. The molecule has 5 heterocycles. The van der Waals surface area contributed by atoms with Crippen LogP contribution in [0.25, 0.3) is 0 Å². The molecule has 0 bridgehead atoms. The minimum atomic E-state index is -3.93. The highest BCUT2D eigenvalue weighted by Crippen LogP contribution is 2.52. The Balaban J connectivity index is 0.885. The molecule has 11 nitrogen and oxygen atoms in total. The van der Waals surface area contributed by atoms with E-state index in [1.807, 2.05) is 12.1 Å². The number of hydrogen-bond acceptors (Lipinski definition) is 9. The molecule has 0 spiro atoms. The summed E-state index contributed by atoms with van der Waals surface area (Å²) in [6.07, 6.45) is 12.8. The molecule has 1 saturated carbocycles. The fourth-order valence-corrected chi connectivity index (χ4v) is 13.5. The molecule has 15 heteroatoms. The molecule has 1 N–H and O–H groups in total. The Bertz CT molecular complexity index is 2030. The number of carbonyl (C=O) groups excluding carboxylic acids is 2. The standard InChI is InChI=1S/C47H65F3N6O5S/c1-61-45(58)51-42-14-6-13-40(42)47(34-53-23-9-24-53,36-10-5-11-37(48)28-36)35-18-26-54(27-19-35)31-46(50)32-56(33-46)43-17-16-38(29-41(43)49)62(59,60)39-12-7-25-55(30-39)44(57)15-8-22-52-20-3-2-4-21-52/h5,8,10-11,15-17,28-29,35,39-40,42H,2-4,6-7,9,12-14,18-27,30-34H2,1H3,(H,51,58)/b15-8+/t39?,40-,42-,47?/m0/s1. The molecule has 1 aliphatic carbocycles. The highest BCUT2D eigenvalue weighted by molar-refractivity contribution is 7.92. The molecule has 2 aromatic carbocycles. The first-order valence-corrected chi connectivity index (χ1v) is 24.6. The Morgan fingerprint density at radius 2 is 1.61 bits per heavy atom. The predicted molar refractivity (Wildman–Crippen MR) is 234 cm³/mol. The number of nitrogens with one attached hydrogen (secondary N) is 1. The van der Waals surface area contributed by atoms with Crippen LogP contribution in [0.5, 0.6) is 0 Å². The molecule has 0 aromatic heterocycles. The Hall–Kier alpha value is -3.66. The minimum absolute atomic E-state index is 0.00788.